The van der Waals surface area contributed by atoms with Gasteiger partial charge < -0.3 is 15.4 Å². The van der Waals surface area contributed by atoms with Crippen molar-refractivity contribution in [3.05, 3.63) is 30.1 Å². The quantitative estimate of drug-likeness (QED) is 0.795. The fourth-order valence-electron chi connectivity index (χ4n) is 1.91. The van der Waals surface area contributed by atoms with Crippen molar-refractivity contribution in [3.8, 4) is 0 Å². The number of morpholine rings is 1. The van der Waals surface area contributed by atoms with Crippen LogP contribution in [0.5, 0.6) is 0 Å². The molecule has 0 radical (unpaired) electrons. The Labute approximate surface area is 107 Å². The molecular formula is C13H19N3O2. The molecule has 98 valence electrons. The molecule has 5 heteroatoms. The van der Waals surface area contributed by atoms with Crippen LogP contribution >= 0.6 is 0 Å². The summed E-state index contributed by atoms with van der Waals surface area (Å²) in [6.07, 6.45) is 2.49. The van der Waals surface area contributed by atoms with Gasteiger partial charge in [0.1, 0.15) is 0 Å². The number of ether oxygens (including phenoxy) is 1. The fraction of sp³-hybridized carbons (Fsp3) is 0.538. The van der Waals surface area contributed by atoms with E-state index in [1.807, 2.05) is 25.1 Å². The van der Waals surface area contributed by atoms with E-state index in [2.05, 4.69) is 15.6 Å². The van der Waals surface area contributed by atoms with E-state index in [0.29, 0.717) is 19.7 Å². The topological polar surface area (TPSA) is 63.2 Å². The summed E-state index contributed by atoms with van der Waals surface area (Å²) in [6, 6.07) is 5.77. The zero-order chi connectivity index (χ0) is 12.8. The first-order chi connectivity index (χ1) is 8.71. The number of hydrogen-bond donors (Lipinski definition) is 2. The molecule has 18 heavy (non-hydrogen) atoms. The van der Waals surface area contributed by atoms with E-state index in [0.717, 1.165) is 18.7 Å². The lowest BCUT2D eigenvalue weighted by molar-refractivity contribution is -0.147. The van der Waals surface area contributed by atoms with Gasteiger partial charge in [0.05, 0.1) is 6.61 Å². The number of nitrogens with one attached hydrogen (secondary N) is 2. The SMILES string of the molecule is CC1(C(=O)NCCc2ccccn2)CNCCO1. The zero-order valence-electron chi connectivity index (χ0n) is 10.6. The molecule has 2 heterocycles. The lowest BCUT2D eigenvalue weighted by Gasteiger charge is -2.32. The number of rotatable bonds is 4. The van der Waals surface area contributed by atoms with Crippen LogP contribution in [0.3, 0.4) is 0 Å². The highest BCUT2D eigenvalue weighted by Crippen LogP contribution is 2.12. The predicted octanol–water partition coefficient (Wildman–Crippen LogP) is 0.119. The highest BCUT2D eigenvalue weighted by atomic mass is 16.5. The minimum atomic E-state index is -0.748. The average molecular weight is 249 g/mol. The molecule has 2 N–H and O–H groups in total. The standard InChI is InChI=1S/C13H19N3O2/c1-13(10-14-8-9-18-13)12(17)16-7-5-11-4-2-3-6-15-11/h2-4,6,14H,5,7-10H2,1H3,(H,16,17). The van der Waals surface area contributed by atoms with Gasteiger partial charge >= 0.3 is 0 Å². The first kappa shape index (κ1) is 13.0. The van der Waals surface area contributed by atoms with Crippen LogP contribution in [0, 0.1) is 0 Å². The van der Waals surface area contributed by atoms with Gasteiger partial charge in [0.2, 0.25) is 0 Å². The van der Waals surface area contributed by atoms with Gasteiger partial charge in [-0.3, -0.25) is 9.78 Å². The molecule has 1 unspecified atom stereocenters. The van der Waals surface area contributed by atoms with Gasteiger partial charge in [-0.2, -0.15) is 0 Å². The molecule has 5 nitrogen and oxygen atoms in total. The maximum atomic E-state index is 12.0. The van der Waals surface area contributed by atoms with Gasteiger partial charge in [0.25, 0.3) is 5.91 Å². The number of nitrogens with zero attached hydrogens (tertiary/aromatic N) is 1. The second kappa shape index (κ2) is 5.93. The normalized spacial score (nSPS) is 23.6. The third-order valence-electron chi connectivity index (χ3n) is 3.03. The van der Waals surface area contributed by atoms with Crippen molar-refractivity contribution in [2.45, 2.75) is 18.9 Å². The smallest absolute Gasteiger partial charge is 0.253 e. The van der Waals surface area contributed by atoms with Crippen LogP contribution in [-0.4, -0.2) is 42.7 Å². The number of aromatic nitrogens is 1. The van der Waals surface area contributed by atoms with Gasteiger partial charge in [0, 0.05) is 37.9 Å². The Morgan fingerprint density at radius 2 is 2.50 bits per heavy atom. The third kappa shape index (κ3) is 3.27. The maximum Gasteiger partial charge on any atom is 0.253 e. The molecule has 0 aromatic carbocycles. The number of hydrogen-bond acceptors (Lipinski definition) is 4. The van der Waals surface area contributed by atoms with Crippen LogP contribution in [0.15, 0.2) is 24.4 Å². The maximum absolute atomic E-state index is 12.0. The molecule has 0 spiro atoms. The van der Waals surface area contributed by atoms with Crippen LogP contribution in [0.2, 0.25) is 0 Å². The Morgan fingerprint density at radius 1 is 1.61 bits per heavy atom. The Kier molecular flexibility index (Phi) is 4.28. The summed E-state index contributed by atoms with van der Waals surface area (Å²) in [5.74, 6) is -0.0642. The Morgan fingerprint density at radius 3 is 3.17 bits per heavy atom. The highest BCUT2D eigenvalue weighted by Gasteiger charge is 2.35. The summed E-state index contributed by atoms with van der Waals surface area (Å²) in [4.78, 5) is 16.2. The van der Waals surface area contributed by atoms with E-state index in [1.54, 1.807) is 6.20 Å². The molecule has 1 aliphatic heterocycles. The Bertz CT molecular complexity index is 388. The third-order valence-corrected chi connectivity index (χ3v) is 3.03. The summed E-state index contributed by atoms with van der Waals surface area (Å²) >= 11 is 0. The molecule has 1 aromatic heterocycles. The largest absolute Gasteiger partial charge is 0.363 e. The molecular weight excluding hydrogens is 230 g/mol. The zero-order valence-corrected chi connectivity index (χ0v) is 10.6. The van der Waals surface area contributed by atoms with Gasteiger partial charge in [0.15, 0.2) is 5.60 Å². The van der Waals surface area contributed by atoms with Crippen LogP contribution < -0.4 is 10.6 Å². The van der Waals surface area contributed by atoms with Crippen molar-refractivity contribution in [1.29, 1.82) is 0 Å². The van der Waals surface area contributed by atoms with E-state index >= 15 is 0 Å². The van der Waals surface area contributed by atoms with Crippen molar-refractivity contribution >= 4 is 5.91 Å². The van der Waals surface area contributed by atoms with Crippen molar-refractivity contribution in [1.82, 2.24) is 15.6 Å². The summed E-state index contributed by atoms with van der Waals surface area (Å²) in [5.41, 5.74) is 0.230. The average Bonchev–Trinajstić information content (AvgIpc) is 2.41. The van der Waals surface area contributed by atoms with E-state index < -0.39 is 5.60 Å². The molecule has 1 amide bonds. The number of amides is 1. The summed E-state index contributed by atoms with van der Waals surface area (Å²) < 4.78 is 5.54. The second-order valence-corrected chi connectivity index (χ2v) is 4.58. The van der Waals surface area contributed by atoms with Crippen LogP contribution in [0.1, 0.15) is 12.6 Å². The first-order valence-electron chi connectivity index (χ1n) is 6.24. The highest BCUT2D eigenvalue weighted by molar-refractivity contribution is 5.85. The number of pyridine rings is 1. The summed E-state index contributed by atoms with van der Waals surface area (Å²) in [6.45, 7) is 4.33. The number of carbonyl (C=O) groups is 1. The Balaban J connectivity index is 1.78. The molecule has 2 rings (SSSR count). The van der Waals surface area contributed by atoms with E-state index in [-0.39, 0.29) is 5.91 Å². The molecule has 1 aliphatic rings. The van der Waals surface area contributed by atoms with Gasteiger partial charge in [-0.25, -0.2) is 0 Å². The van der Waals surface area contributed by atoms with Crippen molar-refractivity contribution < 1.29 is 9.53 Å². The van der Waals surface area contributed by atoms with E-state index in [4.69, 9.17) is 4.74 Å². The van der Waals surface area contributed by atoms with E-state index in [1.165, 1.54) is 0 Å². The van der Waals surface area contributed by atoms with Gasteiger partial charge in [-0.1, -0.05) is 6.07 Å². The molecule has 1 atom stereocenters. The van der Waals surface area contributed by atoms with Gasteiger partial charge in [-0.15, -0.1) is 0 Å². The molecule has 1 aromatic rings. The minimum Gasteiger partial charge on any atom is -0.363 e. The van der Waals surface area contributed by atoms with Gasteiger partial charge in [-0.05, 0) is 19.1 Å². The monoisotopic (exact) mass is 249 g/mol. The number of carbonyl (C=O) groups excluding carboxylic acids is 1. The predicted molar refractivity (Wildman–Crippen MR) is 68.2 cm³/mol. The summed E-state index contributed by atoms with van der Waals surface area (Å²) in [7, 11) is 0. The van der Waals surface area contributed by atoms with Crippen molar-refractivity contribution in [3.63, 3.8) is 0 Å². The molecule has 0 bridgehead atoms. The Hall–Kier alpha value is -1.46. The molecule has 0 aliphatic carbocycles. The lowest BCUT2D eigenvalue weighted by atomic mass is 10.0. The second-order valence-electron chi connectivity index (χ2n) is 4.58. The summed E-state index contributed by atoms with van der Waals surface area (Å²) in [5, 5.41) is 6.06. The van der Waals surface area contributed by atoms with Crippen LogP contribution in [0.25, 0.3) is 0 Å². The van der Waals surface area contributed by atoms with Crippen LogP contribution in [0.4, 0.5) is 0 Å². The van der Waals surface area contributed by atoms with E-state index in [9.17, 15) is 4.79 Å². The minimum absolute atomic E-state index is 0.0642. The van der Waals surface area contributed by atoms with Crippen LogP contribution in [-0.2, 0) is 16.0 Å². The van der Waals surface area contributed by atoms with Crippen molar-refractivity contribution in [2.75, 3.05) is 26.2 Å². The van der Waals surface area contributed by atoms with Crippen molar-refractivity contribution in [2.24, 2.45) is 0 Å². The molecule has 0 saturated carbocycles. The lowest BCUT2D eigenvalue weighted by Crippen LogP contribution is -2.57. The molecule has 1 fully saturated rings. The fourth-order valence-corrected chi connectivity index (χ4v) is 1.91. The first-order valence-corrected chi connectivity index (χ1v) is 6.24. The molecule has 1 saturated heterocycles.